The number of amides is 1. The van der Waals surface area contributed by atoms with E-state index in [0.717, 1.165) is 12.8 Å². The Hall–Kier alpha value is -1.10. The third kappa shape index (κ3) is 6.10. The first-order valence-electron chi connectivity index (χ1n) is 4.24. The molecule has 0 bridgehead atoms. The Bertz CT molecular complexity index is 160. The third-order valence-corrected chi connectivity index (χ3v) is 1.40. The lowest BCUT2D eigenvalue weighted by molar-refractivity contribution is -0.110. The van der Waals surface area contributed by atoms with Crippen molar-refractivity contribution in [3.8, 4) is 0 Å². The molecule has 0 aromatic rings. The number of hydrogen-bond acceptors (Lipinski definition) is 4. The highest BCUT2D eigenvalue weighted by Crippen LogP contribution is 1.89. The molecule has 0 unspecified atom stereocenters. The zero-order valence-corrected chi connectivity index (χ0v) is 7.66. The molecule has 0 aliphatic carbocycles. The second-order valence-corrected chi connectivity index (χ2v) is 2.56. The summed E-state index contributed by atoms with van der Waals surface area (Å²) in [6, 6.07) is -0.867. The molecule has 0 spiro atoms. The highest BCUT2D eigenvalue weighted by atomic mass is 16.5. The van der Waals surface area contributed by atoms with E-state index in [2.05, 4.69) is 5.32 Å². The summed E-state index contributed by atoms with van der Waals surface area (Å²) >= 11 is 0. The molecule has 5 nitrogen and oxygen atoms in total. The molecule has 0 saturated carbocycles. The molecule has 5 heteroatoms. The largest absolute Gasteiger partial charge is 0.450 e. The van der Waals surface area contributed by atoms with Crippen molar-refractivity contribution in [1.82, 2.24) is 5.32 Å². The summed E-state index contributed by atoms with van der Waals surface area (Å²) in [7, 11) is 0. The molecule has 0 aliphatic rings. The van der Waals surface area contributed by atoms with E-state index in [0.29, 0.717) is 12.9 Å². The Morgan fingerprint density at radius 2 is 2.38 bits per heavy atom. The summed E-state index contributed by atoms with van der Waals surface area (Å²) in [5, 5.41) is 10.7. The van der Waals surface area contributed by atoms with Crippen molar-refractivity contribution in [1.29, 1.82) is 0 Å². The SMILES string of the molecule is CCCCOC(=O)N[C@H](C=O)CO. The van der Waals surface area contributed by atoms with Gasteiger partial charge in [-0.3, -0.25) is 0 Å². The van der Waals surface area contributed by atoms with E-state index in [9.17, 15) is 9.59 Å². The van der Waals surface area contributed by atoms with Crippen LogP contribution in [0.3, 0.4) is 0 Å². The molecule has 2 N–H and O–H groups in total. The molecule has 13 heavy (non-hydrogen) atoms. The van der Waals surface area contributed by atoms with Gasteiger partial charge in [-0.15, -0.1) is 0 Å². The fourth-order valence-corrected chi connectivity index (χ4v) is 0.625. The lowest BCUT2D eigenvalue weighted by atomic mass is 10.3. The Morgan fingerprint density at radius 1 is 1.69 bits per heavy atom. The van der Waals surface area contributed by atoms with Crippen molar-refractivity contribution in [2.75, 3.05) is 13.2 Å². The smallest absolute Gasteiger partial charge is 0.407 e. The first kappa shape index (κ1) is 11.9. The van der Waals surface area contributed by atoms with Crippen LogP contribution in [-0.4, -0.2) is 36.7 Å². The minimum atomic E-state index is -0.867. The van der Waals surface area contributed by atoms with Crippen LogP contribution in [0.15, 0.2) is 0 Å². The number of rotatable bonds is 6. The maximum atomic E-state index is 10.8. The Labute approximate surface area is 77.1 Å². The third-order valence-electron chi connectivity index (χ3n) is 1.40. The van der Waals surface area contributed by atoms with Gasteiger partial charge in [0.1, 0.15) is 12.3 Å². The van der Waals surface area contributed by atoms with Crippen LogP contribution >= 0.6 is 0 Å². The number of hydrogen-bond donors (Lipinski definition) is 2. The molecular formula is C8H15NO4. The lowest BCUT2D eigenvalue weighted by Crippen LogP contribution is -2.39. The molecule has 0 aromatic carbocycles. The van der Waals surface area contributed by atoms with E-state index < -0.39 is 18.7 Å². The predicted octanol–water partition coefficient (Wildman–Crippen LogP) is 0.0725. The molecule has 1 atom stereocenters. The molecule has 0 radical (unpaired) electrons. The Kier molecular flexibility index (Phi) is 6.91. The number of carbonyl (C=O) groups is 2. The van der Waals surface area contributed by atoms with Crippen LogP contribution < -0.4 is 5.32 Å². The van der Waals surface area contributed by atoms with E-state index in [1.807, 2.05) is 6.92 Å². The number of carbonyl (C=O) groups excluding carboxylic acids is 2. The summed E-state index contributed by atoms with van der Waals surface area (Å²) in [5.41, 5.74) is 0. The minimum Gasteiger partial charge on any atom is -0.450 e. The van der Waals surface area contributed by atoms with Gasteiger partial charge in [0.15, 0.2) is 0 Å². The summed E-state index contributed by atoms with van der Waals surface area (Å²) in [5.74, 6) is 0. The Morgan fingerprint density at radius 3 is 2.85 bits per heavy atom. The zero-order valence-electron chi connectivity index (χ0n) is 7.66. The van der Waals surface area contributed by atoms with Crippen LogP contribution in [-0.2, 0) is 9.53 Å². The summed E-state index contributed by atoms with van der Waals surface area (Å²) < 4.78 is 4.70. The van der Waals surface area contributed by atoms with Crippen molar-refractivity contribution in [3.63, 3.8) is 0 Å². The van der Waals surface area contributed by atoms with Gasteiger partial charge in [0.2, 0.25) is 0 Å². The van der Waals surface area contributed by atoms with Gasteiger partial charge in [-0.1, -0.05) is 13.3 Å². The molecule has 0 heterocycles. The molecule has 0 saturated heterocycles. The molecule has 1 amide bonds. The first-order chi connectivity index (χ1) is 6.24. The average Bonchev–Trinajstić information content (AvgIpc) is 2.14. The molecule has 0 aliphatic heterocycles. The van der Waals surface area contributed by atoms with E-state index in [1.165, 1.54) is 0 Å². The van der Waals surface area contributed by atoms with Gasteiger partial charge < -0.3 is 20.0 Å². The molecule has 0 rings (SSSR count). The normalized spacial score (nSPS) is 11.8. The number of aliphatic hydroxyl groups excluding tert-OH is 1. The van der Waals surface area contributed by atoms with E-state index >= 15 is 0 Å². The number of alkyl carbamates (subject to hydrolysis) is 1. The van der Waals surface area contributed by atoms with Gasteiger partial charge in [-0.05, 0) is 6.42 Å². The van der Waals surface area contributed by atoms with Crippen molar-refractivity contribution >= 4 is 12.4 Å². The number of aliphatic hydroxyl groups is 1. The number of aldehydes is 1. The fourth-order valence-electron chi connectivity index (χ4n) is 0.625. The standard InChI is InChI=1S/C8H15NO4/c1-2-3-4-13-8(12)9-7(5-10)6-11/h5,7,11H,2-4,6H2,1H3,(H,9,12)/t7-/m1/s1. The highest BCUT2D eigenvalue weighted by Gasteiger charge is 2.09. The second-order valence-electron chi connectivity index (χ2n) is 2.56. The maximum Gasteiger partial charge on any atom is 0.407 e. The Balaban J connectivity index is 3.54. The van der Waals surface area contributed by atoms with Crippen molar-refractivity contribution in [3.05, 3.63) is 0 Å². The quantitative estimate of drug-likeness (QED) is 0.458. The van der Waals surface area contributed by atoms with Crippen LogP contribution in [0.4, 0.5) is 4.79 Å². The maximum absolute atomic E-state index is 10.8. The summed E-state index contributed by atoms with van der Waals surface area (Å²) in [4.78, 5) is 21.0. The number of ether oxygens (including phenoxy) is 1. The second kappa shape index (κ2) is 7.54. The molecule has 0 aromatic heterocycles. The van der Waals surface area contributed by atoms with Gasteiger partial charge in [0.05, 0.1) is 13.2 Å². The molecule has 0 fully saturated rings. The number of nitrogens with one attached hydrogen (secondary N) is 1. The monoisotopic (exact) mass is 189 g/mol. The van der Waals surface area contributed by atoms with Crippen molar-refractivity contribution < 1.29 is 19.4 Å². The van der Waals surface area contributed by atoms with Gasteiger partial charge in [-0.2, -0.15) is 0 Å². The first-order valence-corrected chi connectivity index (χ1v) is 4.24. The van der Waals surface area contributed by atoms with Crippen molar-refractivity contribution in [2.45, 2.75) is 25.8 Å². The summed E-state index contributed by atoms with van der Waals surface area (Å²) in [6.07, 6.45) is 1.52. The number of unbranched alkanes of at least 4 members (excludes halogenated alkanes) is 1. The zero-order chi connectivity index (χ0) is 10.1. The van der Waals surface area contributed by atoms with Gasteiger partial charge in [0, 0.05) is 0 Å². The van der Waals surface area contributed by atoms with E-state index in [4.69, 9.17) is 9.84 Å². The van der Waals surface area contributed by atoms with Crippen LogP contribution in [0.5, 0.6) is 0 Å². The highest BCUT2D eigenvalue weighted by molar-refractivity contribution is 5.73. The average molecular weight is 189 g/mol. The van der Waals surface area contributed by atoms with Crippen LogP contribution in [0.25, 0.3) is 0 Å². The fraction of sp³-hybridized carbons (Fsp3) is 0.750. The van der Waals surface area contributed by atoms with E-state index in [1.54, 1.807) is 0 Å². The van der Waals surface area contributed by atoms with Gasteiger partial charge in [-0.25, -0.2) is 4.79 Å². The predicted molar refractivity (Wildman–Crippen MR) is 46.3 cm³/mol. The summed E-state index contributed by atoms with van der Waals surface area (Å²) in [6.45, 7) is 1.90. The van der Waals surface area contributed by atoms with Crippen LogP contribution in [0, 0.1) is 0 Å². The molecule has 76 valence electrons. The minimum absolute atomic E-state index is 0.333. The van der Waals surface area contributed by atoms with Crippen LogP contribution in [0.2, 0.25) is 0 Å². The topological polar surface area (TPSA) is 75.6 Å². The lowest BCUT2D eigenvalue weighted by Gasteiger charge is -2.09. The van der Waals surface area contributed by atoms with Crippen molar-refractivity contribution in [2.24, 2.45) is 0 Å². The van der Waals surface area contributed by atoms with Gasteiger partial charge >= 0.3 is 6.09 Å². The van der Waals surface area contributed by atoms with Gasteiger partial charge in [0.25, 0.3) is 0 Å². The van der Waals surface area contributed by atoms with E-state index in [-0.39, 0.29) is 0 Å². The molecular weight excluding hydrogens is 174 g/mol. The van der Waals surface area contributed by atoms with Crippen LogP contribution in [0.1, 0.15) is 19.8 Å².